The Labute approximate surface area is 242 Å². The van der Waals surface area contributed by atoms with Gasteiger partial charge in [0, 0.05) is 32.1 Å². The van der Waals surface area contributed by atoms with E-state index in [0.29, 0.717) is 25.3 Å². The van der Waals surface area contributed by atoms with Crippen LogP contribution in [0.1, 0.15) is 91.8 Å². The number of nitrogens with zero attached hydrogens (tertiary/aromatic N) is 2. The fourth-order valence-corrected chi connectivity index (χ4v) is 4.45. The summed E-state index contributed by atoms with van der Waals surface area (Å²) in [7, 11) is 0. The minimum atomic E-state index is -1.13. The van der Waals surface area contributed by atoms with Crippen molar-refractivity contribution in [3.63, 3.8) is 0 Å². The molecule has 1 amide bonds. The van der Waals surface area contributed by atoms with Crippen LogP contribution in [0.2, 0.25) is 0 Å². The largest absolute Gasteiger partial charge is 0.511 e. The molecular formula is C29H47N3O9. The van der Waals surface area contributed by atoms with Gasteiger partial charge in [0.25, 0.3) is 0 Å². The molecule has 1 aliphatic carbocycles. The normalized spacial score (nSPS) is 18.3. The first-order chi connectivity index (χ1) is 19.4. The van der Waals surface area contributed by atoms with E-state index in [1.165, 1.54) is 19.8 Å². The van der Waals surface area contributed by atoms with Crippen molar-refractivity contribution in [2.45, 2.75) is 105 Å². The van der Waals surface area contributed by atoms with E-state index in [1.54, 1.807) is 27.7 Å². The Morgan fingerprint density at radius 3 is 2.29 bits per heavy atom. The molecule has 41 heavy (non-hydrogen) atoms. The highest BCUT2D eigenvalue weighted by atomic mass is 16.8. The first-order valence-electron chi connectivity index (χ1n) is 14.6. The van der Waals surface area contributed by atoms with Crippen LogP contribution in [-0.4, -0.2) is 65.9 Å². The van der Waals surface area contributed by atoms with Gasteiger partial charge in [0.1, 0.15) is 13.2 Å². The summed E-state index contributed by atoms with van der Waals surface area (Å²) in [5.41, 5.74) is 0.765. The molecule has 0 radical (unpaired) electrons. The van der Waals surface area contributed by atoms with Gasteiger partial charge < -0.3 is 33.6 Å². The van der Waals surface area contributed by atoms with Crippen molar-refractivity contribution >= 4 is 24.2 Å². The minimum absolute atomic E-state index is 0.0180. The van der Waals surface area contributed by atoms with Crippen LogP contribution in [0.5, 0.6) is 0 Å². The van der Waals surface area contributed by atoms with Gasteiger partial charge in [0.15, 0.2) is 0 Å². The molecule has 12 nitrogen and oxygen atoms in total. The molecule has 0 aliphatic heterocycles. The SMILES string of the molecule is CC1CCC(n2cnc(CC(CCCNC(=O)OCCOC(=O)C(C)C)C(=O)OC(C)OC(=O)OC(C)C)c2)CC1. The predicted octanol–water partition coefficient (Wildman–Crippen LogP) is 4.95. The van der Waals surface area contributed by atoms with Crippen LogP contribution in [0, 0.1) is 17.8 Å². The minimum Gasteiger partial charge on any atom is -0.462 e. The first kappa shape index (κ1) is 33.9. The molecule has 1 N–H and O–H groups in total. The van der Waals surface area contributed by atoms with Gasteiger partial charge in [-0.25, -0.2) is 14.6 Å². The number of hydrogen-bond acceptors (Lipinski definition) is 10. The number of rotatable bonds is 15. The fourth-order valence-electron chi connectivity index (χ4n) is 4.45. The number of carbonyl (C=O) groups is 4. The maximum Gasteiger partial charge on any atom is 0.511 e. The second-order valence-corrected chi connectivity index (χ2v) is 11.2. The molecule has 1 fully saturated rings. The molecule has 0 aromatic carbocycles. The monoisotopic (exact) mass is 581 g/mol. The van der Waals surface area contributed by atoms with Crippen molar-refractivity contribution in [3.8, 4) is 0 Å². The average Bonchev–Trinajstić information content (AvgIpc) is 3.36. The smallest absolute Gasteiger partial charge is 0.462 e. The van der Waals surface area contributed by atoms with E-state index in [1.807, 2.05) is 12.5 Å². The van der Waals surface area contributed by atoms with Gasteiger partial charge in [0.05, 0.1) is 30.0 Å². The lowest BCUT2D eigenvalue weighted by molar-refractivity contribution is -0.173. The molecule has 1 heterocycles. The second-order valence-electron chi connectivity index (χ2n) is 11.2. The van der Waals surface area contributed by atoms with Crippen molar-refractivity contribution in [2.75, 3.05) is 19.8 Å². The third-order valence-corrected chi connectivity index (χ3v) is 6.76. The third-order valence-electron chi connectivity index (χ3n) is 6.76. The number of aromatic nitrogens is 2. The van der Waals surface area contributed by atoms with E-state index in [0.717, 1.165) is 24.5 Å². The molecule has 1 aliphatic rings. The van der Waals surface area contributed by atoms with Crippen molar-refractivity contribution in [1.29, 1.82) is 0 Å². The average molecular weight is 582 g/mol. The summed E-state index contributed by atoms with van der Waals surface area (Å²) in [6.07, 6.45) is 6.52. The lowest BCUT2D eigenvalue weighted by Crippen LogP contribution is -2.30. The van der Waals surface area contributed by atoms with Gasteiger partial charge in [-0.2, -0.15) is 0 Å². The Kier molecular flexibility index (Phi) is 14.5. The summed E-state index contributed by atoms with van der Waals surface area (Å²) in [6.45, 7) is 10.7. The van der Waals surface area contributed by atoms with E-state index < -0.39 is 30.4 Å². The number of ether oxygens (including phenoxy) is 5. The topological polar surface area (TPSA) is 144 Å². The maximum absolute atomic E-state index is 13.1. The molecule has 0 spiro atoms. The number of imidazole rings is 1. The molecule has 1 aromatic rings. The molecule has 2 unspecified atom stereocenters. The fraction of sp³-hybridized carbons (Fsp3) is 0.759. The Morgan fingerprint density at radius 2 is 1.63 bits per heavy atom. The van der Waals surface area contributed by atoms with Gasteiger partial charge >= 0.3 is 24.2 Å². The maximum atomic E-state index is 13.1. The molecular weight excluding hydrogens is 534 g/mol. The lowest BCUT2D eigenvalue weighted by atomic mass is 9.87. The number of alkyl carbamates (subject to hydrolysis) is 1. The first-order valence-corrected chi connectivity index (χ1v) is 14.6. The summed E-state index contributed by atoms with van der Waals surface area (Å²) in [6, 6.07) is 0.405. The van der Waals surface area contributed by atoms with Crippen molar-refractivity contribution in [1.82, 2.24) is 14.9 Å². The quantitative estimate of drug-likeness (QED) is 0.131. The Bertz CT molecular complexity index is 970. The molecule has 12 heteroatoms. The van der Waals surface area contributed by atoms with Gasteiger partial charge in [-0.15, -0.1) is 0 Å². The number of amides is 1. The summed E-state index contributed by atoms with van der Waals surface area (Å²) in [5.74, 6) is -0.988. The molecule has 1 aromatic heterocycles. The summed E-state index contributed by atoms with van der Waals surface area (Å²) < 4.78 is 27.5. The molecule has 0 bridgehead atoms. The van der Waals surface area contributed by atoms with Crippen LogP contribution in [-0.2, 0) is 39.7 Å². The zero-order valence-corrected chi connectivity index (χ0v) is 25.3. The highest BCUT2D eigenvalue weighted by Crippen LogP contribution is 2.32. The molecule has 1 saturated carbocycles. The standard InChI is InChI=1S/C29H47N3O9/c1-19(2)26(33)37-14-15-38-28(35)30-13-7-8-23(27(34)40-22(6)41-29(36)39-20(3)4)16-24-17-32(18-31-24)25-11-9-21(5)10-12-25/h17-23,25H,7-16H2,1-6H3,(H,30,35). The van der Waals surface area contributed by atoms with Gasteiger partial charge in [0.2, 0.25) is 6.29 Å². The van der Waals surface area contributed by atoms with E-state index >= 15 is 0 Å². The van der Waals surface area contributed by atoms with E-state index in [-0.39, 0.29) is 37.7 Å². The van der Waals surface area contributed by atoms with Gasteiger partial charge in [-0.05, 0) is 58.3 Å². The van der Waals surface area contributed by atoms with Gasteiger partial charge in [-0.3, -0.25) is 9.59 Å². The van der Waals surface area contributed by atoms with Crippen molar-refractivity contribution in [3.05, 3.63) is 18.2 Å². The van der Waals surface area contributed by atoms with Crippen LogP contribution in [0.3, 0.4) is 0 Å². The molecule has 0 saturated heterocycles. The zero-order chi connectivity index (χ0) is 30.4. The van der Waals surface area contributed by atoms with Crippen LogP contribution >= 0.6 is 0 Å². The van der Waals surface area contributed by atoms with E-state index in [9.17, 15) is 19.2 Å². The highest BCUT2D eigenvalue weighted by Gasteiger charge is 2.26. The second kappa shape index (κ2) is 17.5. The number of esters is 2. The predicted molar refractivity (Wildman–Crippen MR) is 149 cm³/mol. The summed E-state index contributed by atoms with van der Waals surface area (Å²) >= 11 is 0. The molecule has 2 rings (SSSR count). The Morgan fingerprint density at radius 1 is 0.951 bits per heavy atom. The summed E-state index contributed by atoms with van der Waals surface area (Å²) in [5, 5.41) is 2.63. The van der Waals surface area contributed by atoms with E-state index in [2.05, 4.69) is 21.8 Å². The number of carbonyl (C=O) groups excluding carboxylic acids is 4. The molecule has 2 atom stereocenters. The Hall–Kier alpha value is -3.31. The third kappa shape index (κ3) is 13.3. The lowest BCUT2D eigenvalue weighted by Gasteiger charge is -2.27. The number of hydrogen-bond donors (Lipinski definition) is 1. The van der Waals surface area contributed by atoms with Gasteiger partial charge in [-0.1, -0.05) is 20.8 Å². The van der Waals surface area contributed by atoms with Crippen LogP contribution in [0.25, 0.3) is 0 Å². The zero-order valence-electron chi connectivity index (χ0n) is 25.3. The van der Waals surface area contributed by atoms with Crippen LogP contribution < -0.4 is 5.32 Å². The summed E-state index contributed by atoms with van der Waals surface area (Å²) in [4.78, 5) is 52.8. The Balaban J connectivity index is 1.89. The van der Waals surface area contributed by atoms with Crippen LogP contribution in [0.15, 0.2) is 12.5 Å². The van der Waals surface area contributed by atoms with Crippen LogP contribution in [0.4, 0.5) is 9.59 Å². The van der Waals surface area contributed by atoms with Crippen molar-refractivity contribution in [2.24, 2.45) is 17.8 Å². The highest BCUT2D eigenvalue weighted by molar-refractivity contribution is 5.73. The van der Waals surface area contributed by atoms with E-state index in [4.69, 9.17) is 23.7 Å². The molecule has 232 valence electrons. The van der Waals surface area contributed by atoms with Crippen molar-refractivity contribution < 1.29 is 42.9 Å². The number of nitrogens with one attached hydrogen (secondary N) is 1.